The maximum absolute atomic E-state index is 17.6. The zero-order valence-electron chi connectivity index (χ0n) is 30.1. The zero-order valence-corrected chi connectivity index (χ0v) is 33.0. The molecule has 2 fully saturated rings. The van der Waals surface area contributed by atoms with Gasteiger partial charge < -0.3 is 0 Å². The first-order valence-corrected chi connectivity index (χ1v) is 26.2. The van der Waals surface area contributed by atoms with E-state index in [1.165, 1.54) is 0 Å². The molecule has 6 heterocycles. The minimum atomic E-state index is -3.41. The maximum atomic E-state index is 17.6. The number of unbranched alkanes of at least 4 members (excludes halogenated alkanes) is 3. The van der Waals surface area contributed by atoms with Crippen molar-refractivity contribution in [2.75, 3.05) is 36.9 Å². The molecular weight excluding hydrogens is 731 g/mol. The van der Waals surface area contributed by atoms with Crippen molar-refractivity contribution in [3.05, 3.63) is 29.7 Å². The fourth-order valence-corrected chi connectivity index (χ4v) is 24.3. The van der Waals surface area contributed by atoms with E-state index in [-0.39, 0.29) is 36.0 Å². The van der Waals surface area contributed by atoms with Gasteiger partial charge in [0.2, 0.25) is 0 Å². The van der Waals surface area contributed by atoms with Crippen LogP contribution in [0.5, 0.6) is 11.9 Å². The number of rotatable bonds is 15. The number of fused-ring (bicyclic) bond motifs is 1. The van der Waals surface area contributed by atoms with Crippen molar-refractivity contribution in [1.82, 2.24) is 24.8 Å². The number of pyridine rings is 2. The van der Waals surface area contributed by atoms with E-state index in [9.17, 15) is 4.39 Å². The van der Waals surface area contributed by atoms with Crippen LogP contribution in [0.1, 0.15) is 104 Å². The van der Waals surface area contributed by atoms with E-state index in [0.29, 0.717) is 46.2 Å². The van der Waals surface area contributed by atoms with Crippen molar-refractivity contribution < 1.29 is 18.3 Å². The summed E-state index contributed by atoms with van der Waals surface area (Å²) in [4.78, 5) is 23.8. The Morgan fingerprint density at radius 3 is 2.49 bits per heavy atom. The van der Waals surface area contributed by atoms with Crippen LogP contribution in [0.3, 0.4) is 0 Å². The Bertz CT molecular complexity index is 1590. The fraction of sp³-hybridized carbons (Fsp3) is 0.676. The third-order valence-corrected chi connectivity index (χ3v) is 26.4. The van der Waals surface area contributed by atoms with Gasteiger partial charge in [-0.1, -0.05) is 0 Å². The van der Waals surface area contributed by atoms with E-state index in [1.54, 1.807) is 6.20 Å². The van der Waals surface area contributed by atoms with Gasteiger partial charge in [-0.05, 0) is 0 Å². The summed E-state index contributed by atoms with van der Waals surface area (Å²) in [5.74, 6) is 1.03. The number of nitrogens with two attached hydrogens (primary N) is 1. The van der Waals surface area contributed by atoms with Gasteiger partial charge in [-0.2, -0.15) is 0 Å². The van der Waals surface area contributed by atoms with Crippen LogP contribution in [-0.2, 0) is 0 Å². The average Bonchev–Trinajstić information content (AvgIpc) is 3.58. The average molecular weight is 787 g/mol. The third kappa shape index (κ3) is 7.04. The zero-order chi connectivity index (χ0) is 34.8. The molecule has 0 saturated carbocycles. The van der Waals surface area contributed by atoms with Gasteiger partial charge in [0.05, 0.1) is 0 Å². The van der Waals surface area contributed by atoms with E-state index in [4.69, 9.17) is 30.2 Å². The first kappa shape index (κ1) is 36.3. The molecule has 0 amide bonds. The van der Waals surface area contributed by atoms with Gasteiger partial charge in [0.25, 0.3) is 0 Å². The molecule has 0 spiro atoms. The number of aromatic nitrogens is 4. The summed E-state index contributed by atoms with van der Waals surface area (Å²) in [6.45, 7) is 12.6. The second-order valence-corrected chi connectivity index (χ2v) is 27.8. The Hall–Kier alpha value is -2.54. The summed E-state index contributed by atoms with van der Waals surface area (Å²) in [5.41, 5.74) is 7.06. The number of nitrogen functional groups attached to an aromatic ring is 1. The molecule has 12 heteroatoms. The SMILES string of the molecule is CCC[CH2][Sn]([CH2]CCC)([CH2]CCC)[c]1nc2c3c(nc(OC[C@@]45CCCN4C[C@H](F)C5)nc3c1F)N(C(C)c1cccnc1N)[C@@H](C)CO2. The van der Waals surface area contributed by atoms with E-state index in [0.717, 1.165) is 76.8 Å². The van der Waals surface area contributed by atoms with E-state index in [2.05, 4.69) is 49.4 Å². The Kier molecular flexibility index (Phi) is 11.4. The predicted octanol–water partition coefficient (Wildman–Crippen LogP) is 7.50. The minimum absolute atomic E-state index is 0.106. The van der Waals surface area contributed by atoms with Crippen molar-refractivity contribution in [3.8, 4) is 11.9 Å². The molecule has 49 heavy (non-hydrogen) atoms. The first-order chi connectivity index (χ1) is 23.7. The number of nitrogens with zero attached hydrogens (tertiary/aromatic N) is 6. The van der Waals surface area contributed by atoms with Gasteiger partial charge in [-0.3, -0.25) is 0 Å². The molecular formula is C37H55F2N7O2Sn. The number of hydrogen-bond donors (Lipinski definition) is 1. The van der Waals surface area contributed by atoms with E-state index >= 15 is 4.39 Å². The van der Waals surface area contributed by atoms with Crippen molar-refractivity contribution in [1.29, 1.82) is 0 Å². The Labute approximate surface area is 294 Å². The molecule has 6 rings (SSSR count). The fourth-order valence-electron chi connectivity index (χ4n) is 8.72. The Morgan fingerprint density at radius 2 is 1.82 bits per heavy atom. The van der Waals surface area contributed by atoms with E-state index < -0.39 is 30.1 Å². The molecule has 3 aliphatic rings. The summed E-state index contributed by atoms with van der Waals surface area (Å²) in [6, 6.07) is 3.50. The predicted molar refractivity (Wildman–Crippen MR) is 195 cm³/mol. The number of halogens is 2. The standard InChI is InChI=1S/C25H28F2N7O2.3C4H9.Sn/c1-14-12-35-23-19-20(18(27)10-30-23)31-24(36-13-25-6-4-8-33(25)11-16(26)9-25)32-22(19)34(14)15(2)17-5-3-7-29-21(17)28;3*1-3-4-2;/h3,5,7,14-16H,4,6,8-9,11-13H2,1-2H3,(H2,28,29);3*1,3-4H2,2H3;/t14-,15?,16+,25-;;;;/m0..../s1. The van der Waals surface area contributed by atoms with Gasteiger partial charge >= 0.3 is 296 Å². The Balaban J connectivity index is 1.54. The van der Waals surface area contributed by atoms with Gasteiger partial charge in [0.1, 0.15) is 0 Å². The second kappa shape index (κ2) is 15.4. The van der Waals surface area contributed by atoms with Crippen molar-refractivity contribution in [2.45, 2.75) is 130 Å². The van der Waals surface area contributed by atoms with Crippen molar-refractivity contribution in [2.24, 2.45) is 0 Å². The van der Waals surface area contributed by atoms with Gasteiger partial charge in [-0.15, -0.1) is 0 Å². The summed E-state index contributed by atoms with van der Waals surface area (Å²) in [5, 5.41) is 0.472. The third-order valence-electron chi connectivity index (χ3n) is 11.4. The van der Waals surface area contributed by atoms with Crippen LogP contribution in [0.2, 0.25) is 13.3 Å². The topological polar surface area (TPSA) is 103 Å². The molecule has 3 aromatic heterocycles. The molecule has 3 aliphatic heterocycles. The van der Waals surface area contributed by atoms with Gasteiger partial charge in [0, 0.05) is 0 Å². The van der Waals surface area contributed by atoms with Gasteiger partial charge in [-0.25, -0.2) is 0 Å². The molecule has 0 aliphatic carbocycles. The monoisotopic (exact) mass is 787 g/mol. The van der Waals surface area contributed by atoms with Crippen LogP contribution in [0.25, 0.3) is 10.9 Å². The summed E-state index contributed by atoms with van der Waals surface area (Å²) >= 11 is -3.41. The van der Waals surface area contributed by atoms with Crippen molar-refractivity contribution >= 4 is 44.6 Å². The molecule has 0 radical (unpaired) electrons. The molecule has 2 saturated heterocycles. The van der Waals surface area contributed by atoms with Crippen LogP contribution < -0.4 is 23.8 Å². The van der Waals surface area contributed by atoms with E-state index in [1.807, 2.05) is 12.1 Å². The molecule has 9 nitrogen and oxygen atoms in total. The summed E-state index contributed by atoms with van der Waals surface area (Å²) < 4.78 is 49.1. The molecule has 0 bridgehead atoms. The quantitative estimate of drug-likeness (QED) is 0.157. The summed E-state index contributed by atoms with van der Waals surface area (Å²) in [6.07, 6.45) is 9.52. The van der Waals surface area contributed by atoms with Crippen molar-refractivity contribution in [3.63, 3.8) is 0 Å². The van der Waals surface area contributed by atoms with Crippen LogP contribution in [-0.4, -0.2) is 87.3 Å². The number of anilines is 2. The van der Waals surface area contributed by atoms with Crippen LogP contribution in [0, 0.1) is 5.82 Å². The van der Waals surface area contributed by atoms with Crippen LogP contribution in [0.15, 0.2) is 18.3 Å². The normalized spacial score (nSPS) is 23.0. The number of ether oxygens (including phenoxy) is 2. The van der Waals surface area contributed by atoms with Gasteiger partial charge in [0.15, 0.2) is 0 Å². The van der Waals surface area contributed by atoms with Crippen LogP contribution >= 0.6 is 0 Å². The van der Waals surface area contributed by atoms with Crippen LogP contribution in [0.4, 0.5) is 20.4 Å². The molecule has 0 aromatic carbocycles. The second-order valence-electron chi connectivity index (χ2n) is 14.8. The molecule has 2 N–H and O–H groups in total. The summed E-state index contributed by atoms with van der Waals surface area (Å²) in [7, 11) is 0. The number of alkyl halides is 1. The first-order valence-electron chi connectivity index (χ1n) is 18.7. The molecule has 3 aromatic rings. The molecule has 268 valence electrons. The molecule has 4 atom stereocenters. The number of hydrogen-bond acceptors (Lipinski definition) is 9. The Morgan fingerprint density at radius 1 is 1.10 bits per heavy atom. The molecule has 1 unspecified atom stereocenters.